The predicted octanol–water partition coefficient (Wildman–Crippen LogP) is 0.840. The highest BCUT2D eigenvalue weighted by Crippen LogP contribution is 2.24. The van der Waals surface area contributed by atoms with E-state index in [2.05, 4.69) is 6.07 Å². The Labute approximate surface area is 88.6 Å². The minimum absolute atomic E-state index is 0.0808. The van der Waals surface area contributed by atoms with Gasteiger partial charge >= 0.3 is 0 Å². The molecule has 0 heterocycles. The number of hydrogen-bond acceptors (Lipinski definition) is 4. The molecule has 0 bridgehead atoms. The topological polar surface area (TPSA) is 90.3 Å². The maximum Gasteiger partial charge on any atom is 0.120 e. The Morgan fingerprint density at radius 1 is 1.47 bits per heavy atom. The molecule has 1 atom stereocenters. The zero-order chi connectivity index (χ0) is 11.3. The predicted molar refractivity (Wildman–Crippen MR) is 56.1 cm³/mol. The van der Waals surface area contributed by atoms with Gasteiger partial charge in [0.2, 0.25) is 0 Å². The lowest BCUT2D eigenvalue weighted by Crippen LogP contribution is -2.14. The van der Waals surface area contributed by atoms with Gasteiger partial charge in [-0.15, -0.1) is 0 Å². The van der Waals surface area contributed by atoms with E-state index in [1.54, 1.807) is 12.1 Å². The van der Waals surface area contributed by atoms with Crippen LogP contribution in [0.3, 0.4) is 0 Å². The number of hydrogen-bond donors (Lipinski definition) is 3. The van der Waals surface area contributed by atoms with Crippen LogP contribution >= 0.6 is 0 Å². The van der Waals surface area contributed by atoms with Crippen molar-refractivity contribution in [3.8, 4) is 11.8 Å². The number of aromatic hydroxyl groups is 1. The molecule has 0 saturated heterocycles. The largest absolute Gasteiger partial charge is 0.508 e. The van der Waals surface area contributed by atoms with Crippen LogP contribution in [0.5, 0.6) is 5.75 Å². The van der Waals surface area contributed by atoms with Crippen molar-refractivity contribution in [3.63, 3.8) is 0 Å². The molecule has 0 aliphatic carbocycles. The molecular weight excluding hydrogens is 192 g/mol. The maximum absolute atomic E-state index is 9.51. The van der Waals surface area contributed by atoms with E-state index in [4.69, 9.17) is 16.1 Å². The number of phenolic OH excluding ortho intramolecular Hbond substituents is 1. The molecule has 0 amide bonds. The fraction of sp³-hybridized carbons (Fsp3) is 0.364. The second-order valence-electron chi connectivity index (χ2n) is 3.34. The van der Waals surface area contributed by atoms with Gasteiger partial charge in [-0.05, 0) is 18.1 Å². The molecule has 0 aliphatic heterocycles. The van der Waals surface area contributed by atoms with Crippen LogP contribution in [0, 0.1) is 11.3 Å². The zero-order valence-electron chi connectivity index (χ0n) is 8.35. The van der Waals surface area contributed by atoms with Crippen molar-refractivity contribution in [2.24, 2.45) is 5.73 Å². The van der Waals surface area contributed by atoms with Crippen LogP contribution in [-0.2, 0) is 6.42 Å². The number of rotatable bonds is 4. The summed E-state index contributed by atoms with van der Waals surface area (Å²) in [5.74, 6) is 0.0808. The van der Waals surface area contributed by atoms with Gasteiger partial charge in [0.25, 0.3) is 0 Å². The first-order valence-electron chi connectivity index (χ1n) is 4.74. The Hall–Kier alpha value is -1.57. The number of nitrogens with two attached hydrogens (primary N) is 1. The van der Waals surface area contributed by atoms with Gasteiger partial charge in [0.05, 0.1) is 18.7 Å². The number of aliphatic hydroxyl groups excluding tert-OH is 1. The third kappa shape index (κ3) is 2.94. The second-order valence-corrected chi connectivity index (χ2v) is 3.34. The van der Waals surface area contributed by atoms with E-state index in [9.17, 15) is 5.11 Å². The fourth-order valence-corrected chi connectivity index (χ4v) is 1.36. The van der Waals surface area contributed by atoms with Gasteiger partial charge < -0.3 is 15.9 Å². The standard InChI is InChI=1S/C11H14N2O2/c12-5-1-2-8-3-4-11(15)9(6-8)10(13)7-14/h3-4,6,10,14-15H,1-2,7,13H2/t10-/m1/s1. The van der Waals surface area contributed by atoms with Gasteiger partial charge in [0.1, 0.15) is 5.75 Å². The van der Waals surface area contributed by atoms with E-state index in [1.807, 2.05) is 0 Å². The molecule has 0 aromatic heterocycles. The maximum atomic E-state index is 9.51. The molecule has 0 spiro atoms. The lowest BCUT2D eigenvalue weighted by atomic mass is 10.0. The molecule has 4 N–H and O–H groups in total. The van der Waals surface area contributed by atoms with Crippen LogP contribution in [-0.4, -0.2) is 16.8 Å². The summed E-state index contributed by atoms with van der Waals surface area (Å²) in [6.07, 6.45) is 1.06. The first-order valence-corrected chi connectivity index (χ1v) is 4.74. The molecule has 4 nitrogen and oxygen atoms in total. The minimum Gasteiger partial charge on any atom is -0.508 e. The van der Waals surface area contributed by atoms with Gasteiger partial charge in [-0.3, -0.25) is 0 Å². The third-order valence-corrected chi connectivity index (χ3v) is 2.21. The van der Waals surface area contributed by atoms with Crippen molar-refractivity contribution < 1.29 is 10.2 Å². The van der Waals surface area contributed by atoms with Crippen LogP contribution in [0.4, 0.5) is 0 Å². The van der Waals surface area contributed by atoms with Crippen molar-refractivity contribution in [2.45, 2.75) is 18.9 Å². The number of nitrogens with zero attached hydrogens (tertiary/aromatic N) is 1. The lowest BCUT2D eigenvalue weighted by molar-refractivity contribution is 0.265. The van der Waals surface area contributed by atoms with Crippen molar-refractivity contribution in [3.05, 3.63) is 29.3 Å². The van der Waals surface area contributed by atoms with Crippen LogP contribution in [0.1, 0.15) is 23.6 Å². The molecule has 1 aromatic carbocycles. The van der Waals surface area contributed by atoms with Crippen molar-refractivity contribution in [1.82, 2.24) is 0 Å². The van der Waals surface area contributed by atoms with E-state index in [-0.39, 0.29) is 12.4 Å². The summed E-state index contributed by atoms with van der Waals surface area (Å²) in [6, 6.07) is 6.49. The summed E-state index contributed by atoms with van der Waals surface area (Å²) in [6.45, 7) is -0.213. The number of nitriles is 1. The molecule has 0 aliphatic rings. The van der Waals surface area contributed by atoms with E-state index in [0.29, 0.717) is 18.4 Å². The minimum atomic E-state index is -0.577. The molecule has 15 heavy (non-hydrogen) atoms. The average molecular weight is 206 g/mol. The highest BCUT2D eigenvalue weighted by molar-refractivity contribution is 5.38. The molecule has 1 aromatic rings. The van der Waals surface area contributed by atoms with Crippen LogP contribution < -0.4 is 5.73 Å². The SMILES string of the molecule is N#CCCc1ccc(O)c([C@H](N)CO)c1. The molecule has 0 radical (unpaired) electrons. The number of aryl methyl sites for hydroxylation is 1. The van der Waals surface area contributed by atoms with Crippen molar-refractivity contribution in [2.75, 3.05) is 6.61 Å². The number of benzene rings is 1. The highest BCUT2D eigenvalue weighted by atomic mass is 16.3. The van der Waals surface area contributed by atoms with E-state index in [1.165, 1.54) is 6.07 Å². The molecule has 80 valence electrons. The van der Waals surface area contributed by atoms with Crippen molar-refractivity contribution in [1.29, 1.82) is 5.26 Å². The van der Waals surface area contributed by atoms with Gasteiger partial charge in [-0.25, -0.2) is 0 Å². The molecular formula is C11H14N2O2. The van der Waals surface area contributed by atoms with Crippen molar-refractivity contribution >= 4 is 0 Å². The van der Waals surface area contributed by atoms with Gasteiger partial charge in [0.15, 0.2) is 0 Å². The highest BCUT2D eigenvalue weighted by Gasteiger charge is 2.10. The van der Waals surface area contributed by atoms with E-state index < -0.39 is 6.04 Å². The normalized spacial score (nSPS) is 12.1. The number of phenols is 1. The third-order valence-electron chi connectivity index (χ3n) is 2.21. The Kier molecular flexibility index (Phi) is 4.10. The van der Waals surface area contributed by atoms with Crippen LogP contribution in [0.15, 0.2) is 18.2 Å². The van der Waals surface area contributed by atoms with Crippen LogP contribution in [0.2, 0.25) is 0 Å². The zero-order valence-corrected chi connectivity index (χ0v) is 8.35. The lowest BCUT2D eigenvalue weighted by Gasteiger charge is -2.12. The first kappa shape index (κ1) is 11.5. The van der Waals surface area contributed by atoms with E-state index in [0.717, 1.165) is 5.56 Å². The molecule has 0 saturated carbocycles. The smallest absolute Gasteiger partial charge is 0.120 e. The summed E-state index contributed by atoms with van der Waals surface area (Å²) in [4.78, 5) is 0. The monoisotopic (exact) mass is 206 g/mol. The van der Waals surface area contributed by atoms with Gasteiger partial charge in [-0.1, -0.05) is 12.1 Å². The number of aliphatic hydroxyl groups is 1. The summed E-state index contributed by atoms with van der Waals surface area (Å²) >= 11 is 0. The Morgan fingerprint density at radius 2 is 2.20 bits per heavy atom. The quantitative estimate of drug-likeness (QED) is 0.680. The molecule has 4 heteroatoms. The van der Waals surface area contributed by atoms with Crippen LogP contribution in [0.25, 0.3) is 0 Å². The summed E-state index contributed by atoms with van der Waals surface area (Å²) < 4.78 is 0. The van der Waals surface area contributed by atoms with E-state index >= 15 is 0 Å². The Morgan fingerprint density at radius 3 is 2.80 bits per heavy atom. The Bertz CT molecular complexity index is 371. The summed E-state index contributed by atoms with van der Waals surface area (Å²) in [7, 11) is 0. The molecule has 0 unspecified atom stereocenters. The average Bonchev–Trinajstić information content (AvgIpc) is 2.27. The Balaban J connectivity index is 2.90. The second kappa shape index (κ2) is 5.35. The van der Waals surface area contributed by atoms with Gasteiger partial charge in [-0.2, -0.15) is 5.26 Å². The molecule has 1 rings (SSSR count). The summed E-state index contributed by atoms with van der Waals surface area (Å²) in [5.41, 5.74) is 7.08. The molecule has 0 fully saturated rings. The first-order chi connectivity index (χ1) is 7.19. The van der Waals surface area contributed by atoms with Gasteiger partial charge in [0, 0.05) is 12.0 Å². The summed E-state index contributed by atoms with van der Waals surface area (Å²) in [5, 5.41) is 26.8. The fourth-order valence-electron chi connectivity index (χ4n) is 1.36.